The van der Waals surface area contributed by atoms with Gasteiger partial charge in [0, 0.05) is 30.3 Å². The lowest BCUT2D eigenvalue weighted by atomic mass is 10.0. The number of rotatable bonds is 6. The van der Waals surface area contributed by atoms with Gasteiger partial charge in [-0.15, -0.1) is 0 Å². The molecule has 2 aromatic rings. The molecule has 0 aromatic heterocycles. The normalized spacial score (nSPS) is 10.1. The number of methoxy groups -OCH3 is 1. The van der Waals surface area contributed by atoms with Gasteiger partial charge in [0.1, 0.15) is 0 Å². The van der Waals surface area contributed by atoms with Gasteiger partial charge >= 0.3 is 0 Å². The number of hydrogen-bond acceptors (Lipinski definition) is 3. The summed E-state index contributed by atoms with van der Waals surface area (Å²) >= 11 is 0. The third-order valence-corrected chi connectivity index (χ3v) is 3.04. The highest BCUT2D eigenvalue weighted by atomic mass is 16.5. The molecule has 4 heteroatoms. The summed E-state index contributed by atoms with van der Waals surface area (Å²) in [5.41, 5.74) is 1.72. The van der Waals surface area contributed by atoms with Crippen molar-refractivity contribution >= 4 is 11.7 Å². The van der Waals surface area contributed by atoms with Crippen LogP contribution in [0.1, 0.15) is 26.3 Å². The van der Waals surface area contributed by atoms with Crippen LogP contribution < -0.4 is 5.32 Å². The second-order valence-electron chi connectivity index (χ2n) is 4.52. The van der Waals surface area contributed by atoms with Crippen molar-refractivity contribution in [3.63, 3.8) is 0 Å². The summed E-state index contributed by atoms with van der Waals surface area (Å²) in [5.74, 6) is -0.229. The lowest BCUT2D eigenvalue weighted by Crippen LogP contribution is -2.26. The maximum Gasteiger partial charge on any atom is 0.251 e. The first kappa shape index (κ1) is 14.9. The van der Waals surface area contributed by atoms with E-state index in [1.165, 1.54) is 0 Å². The van der Waals surface area contributed by atoms with E-state index in [0.29, 0.717) is 29.8 Å². The van der Waals surface area contributed by atoms with Gasteiger partial charge in [0.25, 0.3) is 5.91 Å². The second kappa shape index (κ2) is 7.36. The van der Waals surface area contributed by atoms with E-state index < -0.39 is 0 Å². The Morgan fingerprint density at radius 1 is 0.905 bits per heavy atom. The molecule has 2 rings (SSSR count). The van der Waals surface area contributed by atoms with Gasteiger partial charge < -0.3 is 10.1 Å². The van der Waals surface area contributed by atoms with Crippen LogP contribution in [0.5, 0.6) is 0 Å². The summed E-state index contributed by atoms with van der Waals surface area (Å²) in [6.45, 7) is 0.927. The molecule has 1 N–H and O–H groups in total. The average Bonchev–Trinajstić information content (AvgIpc) is 2.55. The Balaban J connectivity index is 2.05. The fourth-order valence-electron chi connectivity index (χ4n) is 1.90. The van der Waals surface area contributed by atoms with E-state index in [4.69, 9.17) is 4.74 Å². The number of ether oxygens (including phenoxy) is 1. The van der Waals surface area contributed by atoms with Gasteiger partial charge in [-0.1, -0.05) is 42.5 Å². The Kier molecular flexibility index (Phi) is 5.23. The zero-order chi connectivity index (χ0) is 15.1. The maximum absolute atomic E-state index is 12.2. The number of benzene rings is 2. The van der Waals surface area contributed by atoms with Crippen LogP contribution >= 0.6 is 0 Å². The SMILES string of the molecule is COCCNC(=O)c1ccc(C(=O)c2ccccc2)cc1. The fourth-order valence-corrected chi connectivity index (χ4v) is 1.90. The van der Waals surface area contributed by atoms with Gasteiger partial charge in [-0.25, -0.2) is 0 Å². The molecule has 0 atom stereocenters. The summed E-state index contributed by atoms with van der Waals surface area (Å²) in [4.78, 5) is 24.0. The largest absolute Gasteiger partial charge is 0.383 e. The lowest BCUT2D eigenvalue weighted by Gasteiger charge is -2.05. The third-order valence-electron chi connectivity index (χ3n) is 3.04. The molecular weight excluding hydrogens is 266 g/mol. The van der Waals surface area contributed by atoms with Gasteiger partial charge in [0.05, 0.1) is 6.61 Å². The smallest absolute Gasteiger partial charge is 0.251 e. The Morgan fingerprint density at radius 2 is 1.48 bits per heavy atom. The molecule has 1 amide bonds. The Hall–Kier alpha value is -2.46. The first-order chi connectivity index (χ1) is 10.2. The van der Waals surface area contributed by atoms with E-state index in [1.54, 1.807) is 43.5 Å². The second-order valence-corrected chi connectivity index (χ2v) is 4.52. The molecule has 0 aliphatic rings. The van der Waals surface area contributed by atoms with Gasteiger partial charge in [0.15, 0.2) is 5.78 Å². The fraction of sp³-hybridized carbons (Fsp3) is 0.176. The van der Waals surface area contributed by atoms with Gasteiger partial charge in [-0.3, -0.25) is 9.59 Å². The van der Waals surface area contributed by atoms with Crippen molar-refractivity contribution in [2.75, 3.05) is 20.3 Å². The molecule has 0 radical (unpaired) electrons. The molecule has 0 saturated carbocycles. The maximum atomic E-state index is 12.2. The predicted molar refractivity (Wildman–Crippen MR) is 80.5 cm³/mol. The van der Waals surface area contributed by atoms with Crippen LogP contribution in [0.2, 0.25) is 0 Å². The van der Waals surface area contributed by atoms with E-state index in [9.17, 15) is 9.59 Å². The zero-order valence-corrected chi connectivity index (χ0v) is 11.8. The highest BCUT2D eigenvalue weighted by Crippen LogP contribution is 2.11. The van der Waals surface area contributed by atoms with Crippen LogP contribution in [0.3, 0.4) is 0 Å². The first-order valence-corrected chi connectivity index (χ1v) is 6.69. The molecule has 0 bridgehead atoms. The molecule has 0 heterocycles. The van der Waals surface area contributed by atoms with E-state index in [-0.39, 0.29) is 11.7 Å². The average molecular weight is 283 g/mol. The van der Waals surface area contributed by atoms with E-state index in [0.717, 1.165) is 0 Å². The molecule has 0 unspecified atom stereocenters. The minimum atomic E-state index is -0.175. The van der Waals surface area contributed by atoms with Crippen molar-refractivity contribution in [1.82, 2.24) is 5.32 Å². The molecule has 0 aliphatic heterocycles. The molecule has 108 valence electrons. The minimum Gasteiger partial charge on any atom is -0.383 e. The first-order valence-electron chi connectivity index (χ1n) is 6.69. The van der Waals surface area contributed by atoms with Crippen molar-refractivity contribution in [2.24, 2.45) is 0 Å². The van der Waals surface area contributed by atoms with E-state index in [2.05, 4.69) is 5.32 Å². The monoisotopic (exact) mass is 283 g/mol. The minimum absolute atomic E-state index is 0.0538. The summed E-state index contributed by atoms with van der Waals surface area (Å²) in [5, 5.41) is 2.73. The predicted octanol–water partition coefficient (Wildman–Crippen LogP) is 2.29. The van der Waals surface area contributed by atoms with Gasteiger partial charge in [0.2, 0.25) is 0 Å². The molecule has 4 nitrogen and oxygen atoms in total. The topological polar surface area (TPSA) is 55.4 Å². The van der Waals surface area contributed by atoms with Crippen LogP contribution in [-0.2, 0) is 4.74 Å². The standard InChI is InChI=1S/C17H17NO3/c1-21-12-11-18-17(20)15-9-7-14(8-10-15)16(19)13-5-3-2-4-6-13/h2-10H,11-12H2,1H3,(H,18,20). The van der Waals surface area contributed by atoms with Crippen molar-refractivity contribution < 1.29 is 14.3 Å². The number of amides is 1. The number of carbonyl (C=O) groups is 2. The van der Waals surface area contributed by atoms with E-state index >= 15 is 0 Å². The van der Waals surface area contributed by atoms with E-state index in [1.807, 2.05) is 18.2 Å². The van der Waals surface area contributed by atoms with Gasteiger partial charge in [-0.2, -0.15) is 0 Å². The summed E-state index contributed by atoms with van der Waals surface area (Å²) in [6.07, 6.45) is 0. The molecule has 21 heavy (non-hydrogen) atoms. The van der Waals surface area contributed by atoms with Gasteiger partial charge in [-0.05, 0) is 12.1 Å². The van der Waals surface area contributed by atoms with Crippen LogP contribution in [-0.4, -0.2) is 32.0 Å². The number of hydrogen-bond donors (Lipinski definition) is 1. The highest BCUT2D eigenvalue weighted by Gasteiger charge is 2.10. The van der Waals surface area contributed by atoms with Crippen molar-refractivity contribution in [3.05, 3.63) is 71.3 Å². The zero-order valence-electron chi connectivity index (χ0n) is 11.8. The van der Waals surface area contributed by atoms with Crippen LogP contribution in [0.15, 0.2) is 54.6 Å². The number of carbonyl (C=O) groups excluding carboxylic acids is 2. The quantitative estimate of drug-likeness (QED) is 0.653. The Morgan fingerprint density at radius 3 is 2.10 bits per heavy atom. The summed E-state index contributed by atoms with van der Waals surface area (Å²) in [6, 6.07) is 15.7. The highest BCUT2D eigenvalue weighted by molar-refractivity contribution is 6.09. The van der Waals surface area contributed by atoms with Crippen molar-refractivity contribution in [3.8, 4) is 0 Å². The Bertz CT molecular complexity index is 606. The lowest BCUT2D eigenvalue weighted by molar-refractivity contribution is 0.0936. The van der Waals surface area contributed by atoms with Crippen LogP contribution in [0, 0.1) is 0 Å². The molecule has 0 saturated heterocycles. The van der Waals surface area contributed by atoms with Crippen molar-refractivity contribution in [2.45, 2.75) is 0 Å². The number of ketones is 1. The van der Waals surface area contributed by atoms with Crippen LogP contribution in [0.25, 0.3) is 0 Å². The third kappa shape index (κ3) is 4.00. The Labute approximate surface area is 123 Å². The van der Waals surface area contributed by atoms with Crippen LogP contribution in [0.4, 0.5) is 0 Å². The summed E-state index contributed by atoms with van der Waals surface area (Å²) < 4.78 is 4.87. The molecule has 2 aromatic carbocycles. The number of nitrogens with one attached hydrogen (secondary N) is 1. The molecular formula is C17H17NO3. The summed E-state index contributed by atoms with van der Waals surface area (Å²) in [7, 11) is 1.58. The molecule has 0 aliphatic carbocycles. The van der Waals surface area contributed by atoms with Crippen molar-refractivity contribution in [1.29, 1.82) is 0 Å². The molecule has 0 spiro atoms. The molecule has 0 fully saturated rings.